The molecule has 5 nitrogen and oxygen atoms in total. The molecule has 116 valence electrons. The Morgan fingerprint density at radius 3 is 2.76 bits per heavy atom. The van der Waals surface area contributed by atoms with Gasteiger partial charge in [0.2, 0.25) is 0 Å². The molecule has 0 aliphatic carbocycles. The van der Waals surface area contributed by atoms with Gasteiger partial charge in [0, 0.05) is 12.3 Å². The zero-order chi connectivity index (χ0) is 15.7. The third kappa shape index (κ3) is 6.48. The van der Waals surface area contributed by atoms with Crippen molar-refractivity contribution in [1.29, 1.82) is 0 Å². The van der Waals surface area contributed by atoms with E-state index in [1.165, 1.54) is 23.9 Å². The van der Waals surface area contributed by atoms with Gasteiger partial charge in [-0.25, -0.2) is 4.39 Å². The van der Waals surface area contributed by atoms with Crippen LogP contribution in [0, 0.1) is 5.82 Å². The lowest BCUT2D eigenvalue weighted by molar-refractivity contribution is -0.134. The minimum absolute atomic E-state index is 0.00119. The van der Waals surface area contributed by atoms with E-state index in [0.29, 0.717) is 18.7 Å². The standard InChI is InChI=1S/C14H18FNO4S/c1-2-11(20-12-6-4-3-5-10(12)15)14(19)16-7-8-21-9-13(17)18/h3-6,11H,2,7-9H2,1H3,(H,16,19)(H,17,18). The number of rotatable bonds is 9. The summed E-state index contributed by atoms with van der Waals surface area (Å²) in [6.45, 7) is 2.11. The van der Waals surface area contributed by atoms with E-state index in [0.717, 1.165) is 0 Å². The van der Waals surface area contributed by atoms with Crippen LogP contribution in [0.1, 0.15) is 13.3 Å². The Hall–Kier alpha value is -1.76. The summed E-state index contributed by atoms with van der Waals surface area (Å²) in [4.78, 5) is 22.2. The van der Waals surface area contributed by atoms with Gasteiger partial charge in [0.15, 0.2) is 17.7 Å². The fraction of sp³-hybridized carbons (Fsp3) is 0.429. The van der Waals surface area contributed by atoms with Gasteiger partial charge in [0.25, 0.3) is 5.91 Å². The van der Waals surface area contributed by atoms with Crippen molar-refractivity contribution in [3.63, 3.8) is 0 Å². The third-order valence-electron chi connectivity index (χ3n) is 2.54. The molecule has 0 saturated heterocycles. The van der Waals surface area contributed by atoms with E-state index in [-0.39, 0.29) is 17.4 Å². The fourth-order valence-electron chi connectivity index (χ4n) is 1.54. The summed E-state index contributed by atoms with van der Waals surface area (Å²) in [5.74, 6) is -1.20. The highest BCUT2D eigenvalue weighted by molar-refractivity contribution is 7.99. The Morgan fingerprint density at radius 2 is 2.14 bits per heavy atom. The molecule has 0 fully saturated rings. The largest absolute Gasteiger partial charge is 0.481 e. The van der Waals surface area contributed by atoms with Gasteiger partial charge in [0.05, 0.1) is 5.75 Å². The zero-order valence-corrected chi connectivity index (χ0v) is 12.5. The first-order valence-corrected chi connectivity index (χ1v) is 7.68. The van der Waals surface area contributed by atoms with Crippen LogP contribution in [0.3, 0.4) is 0 Å². The first kappa shape index (κ1) is 17.3. The first-order valence-electron chi connectivity index (χ1n) is 6.53. The normalized spacial score (nSPS) is 11.7. The number of benzene rings is 1. The van der Waals surface area contributed by atoms with Gasteiger partial charge >= 0.3 is 5.97 Å². The highest BCUT2D eigenvalue weighted by Gasteiger charge is 2.19. The van der Waals surface area contributed by atoms with Gasteiger partial charge in [-0.05, 0) is 18.6 Å². The van der Waals surface area contributed by atoms with E-state index < -0.39 is 17.9 Å². The van der Waals surface area contributed by atoms with Gasteiger partial charge in [-0.15, -0.1) is 11.8 Å². The maximum atomic E-state index is 13.5. The minimum Gasteiger partial charge on any atom is -0.481 e. The molecule has 7 heteroatoms. The van der Waals surface area contributed by atoms with Gasteiger partial charge < -0.3 is 15.2 Å². The lowest BCUT2D eigenvalue weighted by atomic mass is 10.2. The van der Waals surface area contributed by atoms with Crippen LogP contribution in [-0.2, 0) is 9.59 Å². The maximum absolute atomic E-state index is 13.5. The molecule has 1 aromatic carbocycles. The Balaban J connectivity index is 2.39. The van der Waals surface area contributed by atoms with Crippen molar-refractivity contribution in [1.82, 2.24) is 5.32 Å². The smallest absolute Gasteiger partial charge is 0.313 e. The van der Waals surface area contributed by atoms with E-state index in [4.69, 9.17) is 9.84 Å². The Labute approximate surface area is 126 Å². The summed E-state index contributed by atoms with van der Waals surface area (Å²) in [5.41, 5.74) is 0. The van der Waals surface area contributed by atoms with Crippen molar-refractivity contribution < 1.29 is 23.8 Å². The molecule has 1 rings (SSSR count). The second-order valence-electron chi connectivity index (χ2n) is 4.18. The quantitative estimate of drug-likeness (QED) is 0.681. The Morgan fingerprint density at radius 1 is 1.43 bits per heavy atom. The van der Waals surface area contributed by atoms with E-state index in [1.807, 2.05) is 0 Å². The number of ether oxygens (including phenoxy) is 1. The summed E-state index contributed by atoms with van der Waals surface area (Å²) in [5, 5.41) is 11.1. The number of carbonyl (C=O) groups is 2. The predicted molar refractivity (Wildman–Crippen MR) is 79.1 cm³/mol. The topological polar surface area (TPSA) is 75.6 Å². The number of halogens is 1. The van der Waals surface area contributed by atoms with E-state index in [1.54, 1.807) is 19.1 Å². The monoisotopic (exact) mass is 315 g/mol. The second kappa shape index (κ2) is 9.23. The van der Waals surface area contributed by atoms with Gasteiger partial charge in [-0.2, -0.15) is 0 Å². The average molecular weight is 315 g/mol. The number of hydrogen-bond acceptors (Lipinski definition) is 4. The number of amides is 1. The zero-order valence-electron chi connectivity index (χ0n) is 11.7. The van der Waals surface area contributed by atoms with Crippen LogP contribution < -0.4 is 10.1 Å². The summed E-state index contributed by atoms with van der Waals surface area (Å²) in [6, 6.07) is 5.91. The van der Waals surface area contributed by atoms with Gasteiger partial charge in [-0.1, -0.05) is 19.1 Å². The number of carboxylic acid groups (broad SMARTS) is 1. The molecule has 1 unspecified atom stereocenters. The molecule has 0 bridgehead atoms. The van der Waals surface area contributed by atoms with Crippen LogP contribution in [-0.4, -0.2) is 41.1 Å². The second-order valence-corrected chi connectivity index (χ2v) is 5.29. The fourth-order valence-corrected chi connectivity index (χ4v) is 2.10. The highest BCUT2D eigenvalue weighted by Crippen LogP contribution is 2.18. The molecule has 1 amide bonds. The summed E-state index contributed by atoms with van der Waals surface area (Å²) < 4.78 is 18.8. The predicted octanol–water partition coefficient (Wildman–Crippen LogP) is 1.92. The average Bonchev–Trinajstić information content (AvgIpc) is 2.45. The Bertz CT molecular complexity index is 484. The number of para-hydroxylation sites is 1. The minimum atomic E-state index is -0.888. The van der Waals surface area contributed by atoms with E-state index >= 15 is 0 Å². The van der Waals surface area contributed by atoms with E-state index in [9.17, 15) is 14.0 Å². The van der Waals surface area contributed by atoms with Crippen molar-refractivity contribution >= 4 is 23.6 Å². The van der Waals surface area contributed by atoms with Crippen molar-refractivity contribution in [2.24, 2.45) is 0 Å². The molecule has 0 saturated carbocycles. The number of nitrogens with one attached hydrogen (secondary N) is 1. The van der Waals surface area contributed by atoms with Gasteiger partial charge in [0.1, 0.15) is 0 Å². The number of hydrogen-bond donors (Lipinski definition) is 2. The van der Waals surface area contributed by atoms with Crippen LogP contribution >= 0.6 is 11.8 Å². The van der Waals surface area contributed by atoms with Crippen molar-refractivity contribution in [3.05, 3.63) is 30.1 Å². The molecule has 1 aromatic rings. The van der Waals surface area contributed by atoms with Crippen LogP contribution in [0.2, 0.25) is 0 Å². The SMILES string of the molecule is CCC(Oc1ccccc1F)C(=O)NCCSCC(=O)O. The molecular formula is C14H18FNO4S. The molecule has 0 aliphatic heterocycles. The first-order chi connectivity index (χ1) is 10.0. The van der Waals surface area contributed by atoms with Crippen molar-refractivity contribution in [2.75, 3.05) is 18.1 Å². The molecule has 2 N–H and O–H groups in total. The van der Waals surface area contributed by atoms with Crippen LogP contribution in [0.15, 0.2) is 24.3 Å². The van der Waals surface area contributed by atoms with Crippen LogP contribution in [0.4, 0.5) is 4.39 Å². The molecular weight excluding hydrogens is 297 g/mol. The van der Waals surface area contributed by atoms with Crippen molar-refractivity contribution in [3.8, 4) is 5.75 Å². The Kier molecular flexibility index (Phi) is 7.60. The maximum Gasteiger partial charge on any atom is 0.313 e. The summed E-state index contributed by atoms with van der Waals surface area (Å²) >= 11 is 1.21. The molecule has 1 atom stereocenters. The molecule has 0 spiro atoms. The molecule has 0 heterocycles. The number of aliphatic carboxylic acids is 1. The van der Waals surface area contributed by atoms with Gasteiger partial charge in [-0.3, -0.25) is 9.59 Å². The third-order valence-corrected chi connectivity index (χ3v) is 3.48. The number of thioether (sulfide) groups is 1. The van der Waals surface area contributed by atoms with Crippen LogP contribution in [0.25, 0.3) is 0 Å². The summed E-state index contributed by atoms with van der Waals surface area (Å²) in [6.07, 6.45) is -0.367. The highest BCUT2D eigenvalue weighted by atomic mass is 32.2. The lowest BCUT2D eigenvalue weighted by Crippen LogP contribution is -2.39. The van der Waals surface area contributed by atoms with E-state index in [2.05, 4.69) is 5.32 Å². The molecule has 0 aliphatic rings. The summed E-state index contributed by atoms with van der Waals surface area (Å²) in [7, 11) is 0. The molecule has 0 radical (unpaired) electrons. The molecule has 21 heavy (non-hydrogen) atoms. The molecule has 0 aromatic heterocycles. The van der Waals surface area contributed by atoms with Crippen LogP contribution in [0.5, 0.6) is 5.75 Å². The lowest BCUT2D eigenvalue weighted by Gasteiger charge is -2.17. The number of carbonyl (C=O) groups excluding carboxylic acids is 1. The number of carboxylic acids is 1. The van der Waals surface area contributed by atoms with Crippen molar-refractivity contribution in [2.45, 2.75) is 19.4 Å².